The summed E-state index contributed by atoms with van der Waals surface area (Å²) in [7, 11) is -1.77. The topological polar surface area (TPSA) is 77.1 Å². The number of nitrogens with one attached hydrogen (secondary N) is 1. The second kappa shape index (κ2) is 6.31. The molecule has 1 unspecified atom stereocenters. The minimum Gasteiger partial charge on any atom is -0.352 e. The van der Waals surface area contributed by atoms with Crippen LogP contribution in [0.2, 0.25) is 0 Å². The van der Waals surface area contributed by atoms with Crippen molar-refractivity contribution >= 4 is 21.4 Å². The highest BCUT2D eigenvalue weighted by molar-refractivity contribution is 7.89. The minimum absolute atomic E-state index is 0.163. The molecule has 5 nitrogen and oxygen atoms in total. The van der Waals surface area contributed by atoms with Crippen LogP contribution in [0.15, 0.2) is 34.7 Å². The summed E-state index contributed by atoms with van der Waals surface area (Å²) >= 11 is 1.56. The first-order chi connectivity index (χ1) is 9.85. The van der Waals surface area contributed by atoms with Gasteiger partial charge in [-0.1, -0.05) is 19.9 Å². The van der Waals surface area contributed by atoms with E-state index in [4.69, 9.17) is 5.73 Å². The Bertz CT molecular complexity index is 688. The summed E-state index contributed by atoms with van der Waals surface area (Å²) in [6.45, 7) is 4.32. The van der Waals surface area contributed by atoms with E-state index in [1.165, 1.54) is 0 Å². The van der Waals surface area contributed by atoms with Crippen LogP contribution in [-0.4, -0.2) is 13.0 Å². The van der Waals surface area contributed by atoms with Gasteiger partial charge in [0.05, 0.1) is 10.9 Å². The van der Waals surface area contributed by atoms with Crippen molar-refractivity contribution in [3.63, 3.8) is 0 Å². The summed E-state index contributed by atoms with van der Waals surface area (Å²) in [5.41, 5.74) is 6.38. The predicted octanol–water partition coefficient (Wildman–Crippen LogP) is 2.22. The first-order valence-electron chi connectivity index (χ1n) is 6.76. The molecule has 1 atom stereocenters. The van der Waals surface area contributed by atoms with Gasteiger partial charge in [0.1, 0.15) is 0 Å². The van der Waals surface area contributed by atoms with Gasteiger partial charge in [-0.3, -0.25) is 0 Å². The molecule has 0 spiro atoms. The Morgan fingerprint density at radius 2 is 2.14 bits per heavy atom. The summed E-state index contributed by atoms with van der Waals surface area (Å²) in [5.74, 6) is 0.163. The molecule has 21 heavy (non-hydrogen) atoms. The van der Waals surface area contributed by atoms with Crippen LogP contribution < -0.4 is 10.5 Å². The number of nitrogens with zero attached hydrogens (tertiary/aromatic N) is 1. The van der Waals surface area contributed by atoms with E-state index in [0.29, 0.717) is 6.54 Å². The maximum atomic E-state index is 12.6. The third kappa shape index (κ3) is 3.55. The highest BCUT2D eigenvalue weighted by atomic mass is 32.2. The number of hydrogen-bond donors (Lipinski definition) is 2. The van der Waals surface area contributed by atoms with E-state index in [2.05, 4.69) is 4.72 Å². The highest BCUT2D eigenvalue weighted by Gasteiger charge is 2.25. The van der Waals surface area contributed by atoms with Crippen LogP contribution in [0, 0.1) is 5.92 Å². The Morgan fingerprint density at radius 3 is 2.62 bits per heavy atom. The Balaban J connectivity index is 2.30. The number of nitrogens with two attached hydrogens (primary N) is 1. The van der Waals surface area contributed by atoms with E-state index >= 15 is 0 Å². The van der Waals surface area contributed by atoms with Gasteiger partial charge in [0.25, 0.3) is 0 Å². The monoisotopic (exact) mass is 327 g/mol. The zero-order chi connectivity index (χ0) is 15.6. The molecule has 0 aliphatic rings. The van der Waals surface area contributed by atoms with Gasteiger partial charge < -0.3 is 10.3 Å². The van der Waals surface area contributed by atoms with Gasteiger partial charge in [0.15, 0.2) is 0 Å². The molecule has 0 bridgehead atoms. The number of sulfonamides is 1. The van der Waals surface area contributed by atoms with Gasteiger partial charge in [-0.15, -0.1) is 11.3 Å². The SMILES string of the molecule is CC(C)C(NS(=O)(=O)c1cc(CN)n(C)c1)c1cccs1. The molecule has 0 saturated heterocycles. The van der Waals surface area contributed by atoms with Crippen LogP contribution in [0.25, 0.3) is 0 Å². The van der Waals surface area contributed by atoms with E-state index in [0.717, 1.165) is 10.6 Å². The predicted molar refractivity (Wildman–Crippen MR) is 85.5 cm³/mol. The van der Waals surface area contributed by atoms with Crippen LogP contribution >= 0.6 is 11.3 Å². The smallest absolute Gasteiger partial charge is 0.242 e. The fourth-order valence-electron chi connectivity index (χ4n) is 2.15. The van der Waals surface area contributed by atoms with Gasteiger partial charge in [0.2, 0.25) is 10.0 Å². The minimum atomic E-state index is -3.56. The second-order valence-electron chi connectivity index (χ2n) is 5.34. The average Bonchev–Trinajstić information content (AvgIpc) is 3.04. The van der Waals surface area contributed by atoms with Crippen molar-refractivity contribution < 1.29 is 8.42 Å². The van der Waals surface area contributed by atoms with Crippen molar-refractivity contribution in [2.45, 2.75) is 31.3 Å². The molecule has 0 fully saturated rings. The van der Waals surface area contributed by atoms with E-state index in [9.17, 15) is 8.42 Å². The fourth-order valence-corrected chi connectivity index (χ4v) is 4.63. The van der Waals surface area contributed by atoms with E-state index in [1.807, 2.05) is 31.4 Å². The van der Waals surface area contributed by atoms with Crippen LogP contribution in [0.5, 0.6) is 0 Å². The quantitative estimate of drug-likeness (QED) is 0.854. The summed E-state index contributed by atoms with van der Waals surface area (Å²) in [6, 6.07) is 5.28. The summed E-state index contributed by atoms with van der Waals surface area (Å²) in [4.78, 5) is 1.27. The molecule has 0 amide bonds. The zero-order valence-electron chi connectivity index (χ0n) is 12.4. The average molecular weight is 327 g/mol. The molecule has 2 aromatic heterocycles. The summed E-state index contributed by atoms with van der Waals surface area (Å²) < 4.78 is 29.7. The van der Waals surface area contributed by atoms with E-state index in [-0.39, 0.29) is 16.9 Å². The molecule has 3 N–H and O–H groups in total. The van der Waals surface area contributed by atoms with E-state index in [1.54, 1.807) is 35.2 Å². The molecule has 0 saturated carbocycles. The third-order valence-electron chi connectivity index (χ3n) is 3.40. The van der Waals surface area contributed by atoms with Gasteiger partial charge >= 0.3 is 0 Å². The number of thiophene rings is 1. The van der Waals surface area contributed by atoms with Gasteiger partial charge in [-0.2, -0.15) is 0 Å². The normalized spacial score (nSPS) is 13.8. The Kier molecular flexibility index (Phi) is 4.88. The van der Waals surface area contributed by atoms with Crippen molar-refractivity contribution in [1.82, 2.24) is 9.29 Å². The largest absolute Gasteiger partial charge is 0.352 e. The van der Waals surface area contributed by atoms with Crippen LogP contribution in [0.4, 0.5) is 0 Å². The highest BCUT2D eigenvalue weighted by Crippen LogP contribution is 2.28. The maximum Gasteiger partial charge on any atom is 0.242 e. The molecule has 7 heteroatoms. The first kappa shape index (κ1) is 16.2. The number of hydrogen-bond acceptors (Lipinski definition) is 4. The van der Waals surface area contributed by atoms with Crippen molar-refractivity contribution in [1.29, 1.82) is 0 Å². The lowest BCUT2D eigenvalue weighted by Crippen LogP contribution is -2.31. The summed E-state index contributed by atoms with van der Waals surface area (Å²) in [6.07, 6.45) is 1.59. The van der Waals surface area contributed by atoms with Gasteiger partial charge in [-0.25, -0.2) is 13.1 Å². The maximum absolute atomic E-state index is 12.6. The van der Waals surface area contributed by atoms with Crippen molar-refractivity contribution in [3.8, 4) is 0 Å². The summed E-state index contributed by atoms with van der Waals surface area (Å²) in [5, 5.41) is 1.95. The van der Waals surface area contributed by atoms with Crippen molar-refractivity contribution in [3.05, 3.63) is 40.3 Å². The van der Waals surface area contributed by atoms with Crippen LogP contribution in [0.1, 0.15) is 30.5 Å². The number of aryl methyl sites for hydroxylation is 1. The molecule has 2 aromatic rings. The molecule has 2 rings (SSSR count). The van der Waals surface area contributed by atoms with Crippen LogP contribution in [0.3, 0.4) is 0 Å². The molecule has 0 aromatic carbocycles. The molecule has 116 valence electrons. The number of rotatable bonds is 6. The lowest BCUT2D eigenvalue weighted by atomic mass is 10.0. The molecular formula is C14H21N3O2S2. The Hall–Kier alpha value is -1.15. The lowest BCUT2D eigenvalue weighted by Gasteiger charge is -2.20. The molecular weight excluding hydrogens is 306 g/mol. The number of aromatic nitrogens is 1. The zero-order valence-corrected chi connectivity index (χ0v) is 14.0. The van der Waals surface area contributed by atoms with E-state index < -0.39 is 10.0 Å². The standard InChI is InChI=1S/C14H21N3O2S2/c1-10(2)14(13-5-4-6-20-13)16-21(18,19)12-7-11(8-15)17(3)9-12/h4-7,9-10,14,16H,8,15H2,1-3H3. The fraction of sp³-hybridized carbons (Fsp3) is 0.429. The Morgan fingerprint density at radius 1 is 1.43 bits per heavy atom. The second-order valence-corrected chi connectivity index (χ2v) is 8.03. The van der Waals surface area contributed by atoms with Crippen LogP contribution in [-0.2, 0) is 23.6 Å². The van der Waals surface area contributed by atoms with Crippen molar-refractivity contribution in [2.24, 2.45) is 18.7 Å². The van der Waals surface area contributed by atoms with Gasteiger partial charge in [-0.05, 0) is 23.4 Å². The molecule has 0 radical (unpaired) electrons. The molecule has 0 aliphatic carbocycles. The Labute approximate surface area is 129 Å². The third-order valence-corrected chi connectivity index (χ3v) is 5.76. The molecule has 0 aliphatic heterocycles. The van der Waals surface area contributed by atoms with Gasteiger partial charge in [0, 0.05) is 30.4 Å². The lowest BCUT2D eigenvalue weighted by molar-refractivity contribution is 0.469. The molecule has 2 heterocycles. The van der Waals surface area contributed by atoms with Crippen molar-refractivity contribution in [2.75, 3.05) is 0 Å². The first-order valence-corrected chi connectivity index (χ1v) is 9.12.